The number of carbonyl (C=O) groups is 1. The minimum absolute atomic E-state index is 0.173. The number of nitrogens with one attached hydrogen (secondary N) is 1. The summed E-state index contributed by atoms with van der Waals surface area (Å²) in [4.78, 5) is 12.2. The van der Waals surface area contributed by atoms with Gasteiger partial charge >= 0.3 is 0 Å². The van der Waals surface area contributed by atoms with Crippen LogP contribution in [0.5, 0.6) is 5.75 Å². The Morgan fingerprint density at radius 2 is 1.75 bits per heavy atom. The van der Waals surface area contributed by atoms with E-state index in [4.69, 9.17) is 4.74 Å². The third kappa shape index (κ3) is 3.85. The van der Waals surface area contributed by atoms with Gasteiger partial charge in [0.1, 0.15) is 5.75 Å². The maximum absolute atomic E-state index is 12.2. The van der Waals surface area contributed by atoms with Crippen LogP contribution in [0.1, 0.15) is 12.5 Å². The van der Waals surface area contributed by atoms with E-state index in [0.717, 1.165) is 17.0 Å². The predicted octanol–water partition coefficient (Wildman–Crippen LogP) is 3.31. The molecule has 0 bridgehead atoms. The molecule has 1 N–H and O–H groups in total. The van der Waals surface area contributed by atoms with Gasteiger partial charge in [-0.2, -0.15) is 0 Å². The number of benzene rings is 2. The number of Topliss-reactive ketones (excluding diaryl/α,β-unsaturated/α-hetero) is 1. The molecule has 2 rings (SSSR count). The lowest BCUT2D eigenvalue weighted by atomic mass is 10.0. The zero-order chi connectivity index (χ0) is 14.4. The van der Waals surface area contributed by atoms with Crippen molar-refractivity contribution >= 4 is 11.5 Å². The minimum Gasteiger partial charge on any atom is -0.497 e. The van der Waals surface area contributed by atoms with Gasteiger partial charge in [0.15, 0.2) is 5.78 Å². The molecule has 0 heterocycles. The van der Waals surface area contributed by atoms with Crippen molar-refractivity contribution < 1.29 is 9.53 Å². The first-order valence-corrected chi connectivity index (χ1v) is 6.66. The van der Waals surface area contributed by atoms with Crippen LogP contribution in [0.3, 0.4) is 0 Å². The van der Waals surface area contributed by atoms with E-state index in [0.29, 0.717) is 6.42 Å². The molecule has 0 saturated heterocycles. The van der Waals surface area contributed by atoms with Crippen LogP contribution >= 0.6 is 0 Å². The zero-order valence-corrected chi connectivity index (χ0v) is 11.8. The average Bonchev–Trinajstić information content (AvgIpc) is 2.49. The summed E-state index contributed by atoms with van der Waals surface area (Å²) in [7, 11) is 1.63. The second-order valence-electron chi connectivity index (χ2n) is 4.72. The molecule has 0 aromatic heterocycles. The highest BCUT2D eigenvalue weighted by Crippen LogP contribution is 2.16. The number of rotatable bonds is 6. The Kier molecular flexibility index (Phi) is 4.77. The maximum atomic E-state index is 12.2. The second-order valence-corrected chi connectivity index (χ2v) is 4.72. The smallest absolute Gasteiger partial charge is 0.159 e. The van der Waals surface area contributed by atoms with E-state index in [9.17, 15) is 4.79 Å². The van der Waals surface area contributed by atoms with Gasteiger partial charge < -0.3 is 10.1 Å². The standard InChI is InChI=1S/C17H19NO2/c1-13(17(19)12-14-6-4-3-5-7-14)18-15-8-10-16(20-2)11-9-15/h3-11,13,18H,12H2,1-2H3. The molecule has 0 amide bonds. The Morgan fingerprint density at radius 1 is 1.10 bits per heavy atom. The van der Waals surface area contributed by atoms with Crippen LogP contribution < -0.4 is 10.1 Å². The number of anilines is 1. The molecule has 0 radical (unpaired) electrons. The number of hydrogen-bond donors (Lipinski definition) is 1. The Labute approximate surface area is 119 Å². The van der Waals surface area contributed by atoms with Gasteiger partial charge in [0.25, 0.3) is 0 Å². The van der Waals surface area contributed by atoms with Gasteiger partial charge in [-0.1, -0.05) is 30.3 Å². The van der Waals surface area contributed by atoms with Crippen LogP contribution in [0, 0.1) is 0 Å². The van der Waals surface area contributed by atoms with Crippen molar-refractivity contribution in [2.45, 2.75) is 19.4 Å². The Bertz CT molecular complexity index is 549. The third-order valence-electron chi connectivity index (χ3n) is 3.18. The van der Waals surface area contributed by atoms with E-state index in [1.54, 1.807) is 7.11 Å². The normalized spacial score (nSPS) is 11.7. The van der Waals surface area contributed by atoms with Gasteiger partial charge in [-0.3, -0.25) is 4.79 Å². The van der Waals surface area contributed by atoms with Crippen LogP contribution in [0.4, 0.5) is 5.69 Å². The van der Waals surface area contributed by atoms with Crippen molar-refractivity contribution in [3.63, 3.8) is 0 Å². The van der Waals surface area contributed by atoms with Crippen molar-refractivity contribution in [1.82, 2.24) is 0 Å². The Balaban J connectivity index is 1.93. The highest BCUT2D eigenvalue weighted by atomic mass is 16.5. The highest BCUT2D eigenvalue weighted by molar-refractivity contribution is 5.88. The molecule has 0 fully saturated rings. The van der Waals surface area contributed by atoms with E-state index in [1.807, 2.05) is 61.5 Å². The molecule has 1 atom stereocenters. The van der Waals surface area contributed by atoms with Crippen molar-refractivity contribution in [2.24, 2.45) is 0 Å². The van der Waals surface area contributed by atoms with Gasteiger partial charge in [0.2, 0.25) is 0 Å². The second kappa shape index (κ2) is 6.75. The molecular formula is C17H19NO2. The third-order valence-corrected chi connectivity index (χ3v) is 3.18. The van der Waals surface area contributed by atoms with E-state index in [2.05, 4.69) is 5.32 Å². The molecule has 20 heavy (non-hydrogen) atoms. The van der Waals surface area contributed by atoms with Crippen LogP contribution in [0.15, 0.2) is 54.6 Å². The number of carbonyl (C=O) groups excluding carboxylic acids is 1. The lowest BCUT2D eigenvalue weighted by Crippen LogP contribution is -2.27. The summed E-state index contributed by atoms with van der Waals surface area (Å²) in [6.45, 7) is 1.88. The van der Waals surface area contributed by atoms with Crippen LogP contribution in [0.2, 0.25) is 0 Å². The molecule has 104 valence electrons. The summed E-state index contributed by atoms with van der Waals surface area (Å²) in [5, 5.41) is 3.21. The first kappa shape index (κ1) is 14.1. The molecule has 0 saturated carbocycles. The van der Waals surface area contributed by atoms with Gasteiger partial charge in [-0.25, -0.2) is 0 Å². The van der Waals surface area contributed by atoms with E-state index in [-0.39, 0.29) is 11.8 Å². The van der Waals surface area contributed by atoms with E-state index >= 15 is 0 Å². The first-order valence-electron chi connectivity index (χ1n) is 6.66. The quantitative estimate of drug-likeness (QED) is 0.874. The van der Waals surface area contributed by atoms with Crippen molar-refractivity contribution in [3.8, 4) is 5.75 Å². The molecule has 3 nitrogen and oxygen atoms in total. The van der Waals surface area contributed by atoms with Crippen molar-refractivity contribution in [1.29, 1.82) is 0 Å². The summed E-state index contributed by atoms with van der Waals surface area (Å²) in [6.07, 6.45) is 0.450. The van der Waals surface area contributed by atoms with Crippen LogP contribution in [-0.4, -0.2) is 18.9 Å². The monoisotopic (exact) mass is 269 g/mol. The first-order chi connectivity index (χ1) is 9.69. The Morgan fingerprint density at radius 3 is 2.35 bits per heavy atom. The van der Waals surface area contributed by atoms with E-state index < -0.39 is 0 Å². The zero-order valence-electron chi connectivity index (χ0n) is 11.8. The summed E-state index contributed by atoms with van der Waals surface area (Å²) in [5.41, 5.74) is 1.96. The predicted molar refractivity (Wildman–Crippen MR) is 81.2 cm³/mol. The van der Waals surface area contributed by atoms with Gasteiger partial charge in [-0.15, -0.1) is 0 Å². The highest BCUT2D eigenvalue weighted by Gasteiger charge is 2.13. The molecule has 3 heteroatoms. The molecule has 1 unspecified atom stereocenters. The number of hydrogen-bond acceptors (Lipinski definition) is 3. The molecule has 2 aromatic rings. The molecule has 0 aliphatic rings. The summed E-state index contributed by atoms with van der Waals surface area (Å²) < 4.78 is 5.11. The van der Waals surface area contributed by atoms with Crippen molar-refractivity contribution in [3.05, 3.63) is 60.2 Å². The molecular weight excluding hydrogens is 250 g/mol. The SMILES string of the molecule is COc1ccc(NC(C)C(=O)Cc2ccccc2)cc1. The molecule has 0 spiro atoms. The Hall–Kier alpha value is -2.29. The molecule has 0 aliphatic heterocycles. The number of methoxy groups -OCH3 is 1. The largest absolute Gasteiger partial charge is 0.497 e. The van der Waals surface area contributed by atoms with Crippen LogP contribution in [-0.2, 0) is 11.2 Å². The average molecular weight is 269 g/mol. The van der Waals surface area contributed by atoms with Gasteiger partial charge in [0, 0.05) is 12.1 Å². The van der Waals surface area contributed by atoms with Gasteiger partial charge in [0.05, 0.1) is 13.2 Å². The maximum Gasteiger partial charge on any atom is 0.159 e. The van der Waals surface area contributed by atoms with Crippen molar-refractivity contribution in [2.75, 3.05) is 12.4 Å². The minimum atomic E-state index is -0.219. The summed E-state index contributed by atoms with van der Waals surface area (Å²) >= 11 is 0. The summed E-state index contributed by atoms with van der Waals surface area (Å²) in [5.74, 6) is 0.978. The van der Waals surface area contributed by atoms with Gasteiger partial charge in [-0.05, 0) is 36.8 Å². The fraction of sp³-hybridized carbons (Fsp3) is 0.235. The van der Waals surface area contributed by atoms with E-state index in [1.165, 1.54) is 0 Å². The van der Waals surface area contributed by atoms with Crippen LogP contribution in [0.25, 0.3) is 0 Å². The fourth-order valence-corrected chi connectivity index (χ4v) is 1.97. The summed E-state index contributed by atoms with van der Waals surface area (Å²) in [6, 6.07) is 17.1. The lowest BCUT2D eigenvalue weighted by Gasteiger charge is -2.14. The lowest BCUT2D eigenvalue weighted by molar-refractivity contribution is -0.118. The number of ether oxygens (including phenoxy) is 1. The topological polar surface area (TPSA) is 38.3 Å². The number of ketones is 1. The fourth-order valence-electron chi connectivity index (χ4n) is 1.97. The molecule has 0 aliphatic carbocycles. The molecule has 2 aromatic carbocycles.